The molecule has 0 atom stereocenters. The van der Waals surface area contributed by atoms with E-state index in [-0.39, 0.29) is 17.6 Å². The van der Waals surface area contributed by atoms with Gasteiger partial charge in [0.25, 0.3) is 0 Å². The van der Waals surface area contributed by atoms with E-state index in [9.17, 15) is 9.18 Å². The number of carboxylic acid groups (broad SMARTS) is 1. The van der Waals surface area contributed by atoms with E-state index in [0.29, 0.717) is 5.52 Å². The van der Waals surface area contributed by atoms with Gasteiger partial charge >= 0.3 is 5.97 Å². The number of halogens is 1. The van der Waals surface area contributed by atoms with Crippen LogP contribution < -0.4 is 0 Å². The minimum absolute atomic E-state index is 0.0228. The topological polar surface area (TPSA) is 42.2 Å². The standard InChI is InChI=1S/C12H12FNO2/c1-7(2)14-10-6-9(13)4-3-8(10)5-11(14)12(15)16/h3-7H,1-2H3,(H,15,16). The van der Waals surface area contributed by atoms with Gasteiger partial charge in [-0.05, 0) is 38.1 Å². The van der Waals surface area contributed by atoms with Gasteiger partial charge in [-0.25, -0.2) is 9.18 Å². The number of aromatic nitrogens is 1. The van der Waals surface area contributed by atoms with Crippen LogP contribution in [0, 0.1) is 5.82 Å². The van der Waals surface area contributed by atoms with E-state index in [1.807, 2.05) is 13.8 Å². The fourth-order valence-electron chi connectivity index (χ4n) is 1.92. The number of carboxylic acids is 1. The van der Waals surface area contributed by atoms with Crippen molar-refractivity contribution in [3.8, 4) is 0 Å². The van der Waals surface area contributed by atoms with Gasteiger partial charge in [0.05, 0.1) is 5.52 Å². The van der Waals surface area contributed by atoms with Gasteiger partial charge in [0.1, 0.15) is 11.5 Å². The fourth-order valence-corrected chi connectivity index (χ4v) is 1.92. The lowest BCUT2D eigenvalue weighted by atomic mass is 10.2. The molecule has 16 heavy (non-hydrogen) atoms. The summed E-state index contributed by atoms with van der Waals surface area (Å²) in [4.78, 5) is 11.1. The first kappa shape index (κ1) is 10.7. The molecule has 1 aromatic heterocycles. The molecule has 0 saturated heterocycles. The molecule has 0 unspecified atom stereocenters. The molecular formula is C12H12FNO2. The van der Waals surface area contributed by atoms with E-state index in [4.69, 9.17) is 5.11 Å². The number of carbonyl (C=O) groups is 1. The SMILES string of the molecule is CC(C)n1c(C(=O)O)cc2ccc(F)cc21. The number of hydrogen-bond donors (Lipinski definition) is 1. The molecule has 2 aromatic rings. The zero-order valence-corrected chi connectivity index (χ0v) is 9.07. The van der Waals surface area contributed by atoms with E-state index in [2.05, 4.69) is 0 Å². The van der Waals surface area contributed by atoms with Gasteiger partial charge in [-0.2, -0.15) is 0 Å². The van der Waals surface area contributed by atoms with Gasteiger partial charge < -0.3 is 9.67 Å². The Balaban J connectivity index is 2.82. The molecule has 0 saturated carbocycles. The van der Waals surface area contributed by atoms with Crippen molar-refractivity contribution in [3.63, 3.8) is 0 Å². The molecule has 0 aliphatic heterocycles. The molecule has 1 N–H and O–H groups in total. The van der Waals surface area contributed by atoms with E-state index in [1.165, 1.54) is 12.1 Å². The lowest BCUT2D eigenvalue weighted by Crippen LogP contribution is -2.10. The van der Waals surface area contributed by atoms with Crippen LogP contribution >= 0.6 is 0 Å². The highest BCUT2D eigenvalue weighted by molar-refractivity contribution is 5.94. The Morgan fingerprint density at radius 2 is 2.06 bits per heavy atom. The predicted molar refractivity (Wildman–Crippen MR) is 59.2 cm³/mol. The Kier molecular flexibility index (Phi) is 2.42. The summed E-state index contributed by atoms with van der Waals surface area (Å²) in [6.07, 6.45) is 0. The van der Waals surface area contributed by atoms with Crippen LogP contribution in [0.5, 0.6) is 0 Å². The number of benzene rings is 1. The maximum absolute atomic E-state index is 13.1. The highest BCUT2D eigenvalue weighted by atomic mass is 19.1. The lowest BCUT2D eigenvalue weighted by Gasteiger charge is -2.12. The van der Waals surface area contributed by atoms with Gasteiger partial charge in [-0.15, -0.1) is 0 Å². The van der Waals surface area contributed by atoms with Crippen LogP contribution in [0.3, 0.4) is 0 Å². The van der Waals surface area contributed by atoms with Gasteiger partial charge in [0.15, 0.2) is 0 Å². The molecule has 2 rings (SSSR count). The maximum Gasteiger partial charge on any atom is 0.352 e. The number of aromatic carboxylic acids is 1. The van der Waals surface area contributed by atoms with E-state index in [0.717, 1.165) is 5.39 Å². The Bertz CT molecular complexity index is 557. The van der Waals surface area contributed by atoms with Crippen molar-refractivity contribution in [3.05, 3.63) is 35.8 Å². The second-order valence-corrected chi connectivity index (χ2v) is 4.00. The molecule has 0 fully saturated rings. The van der Waals surface area contributed by atoms with Gasteiger partial charge in [-0.1, -0.05) is 0 Å². The number of hydrogen-bond acceptors (Lipinski definition) is 1. The molecule has 0 spiro atoms. The highest BCUT2D eigenvalue weighted by Gasteiger charge is 2.16. The third-order valence-corrected chi connectivity index (χ3v) is 2.54. The third-order valence-electron chi connectivity index (χ3n) is 2.54. The molecule has 1 aromatic carbocycles. The Labute approximate surface area is 92.1 Å². The first-order valence-electron chi connectivity index (χ1n) is 5.04. The van der Waals surface area contributed by atoms with E-state index in [1.54, 1.807) is 16.7 Å². The summed E-state index contributed by atoms with van der Waals surface area (Å²) >= 11 is 0. The Morgan fingerprint density at radius 1 is 1.38 bits per heavy atom. The van der Waals surface area contributed by atoms with Crippen molar-refractivity contribution in [2.24, 2.45) is 0 Å². The molecule has 4 heteroatoms. The number of fused-ring (bicyclic) bond motifs is 1. The van der Waals surface area contributed by atoms with Crippen molar-refractivity contribution in [1.82, 2.24) is 4.57 Å². The van der Waals surface area contributed by atoms with Crippen LogP contribution in [-0.2, 0) is 0 Å². The normalized spacial score (nSPS) is 11.2. The summed E-state index contributed by atoms with van der Waals surface area (Å²) in [5.41, 5.74) is 0.808. The van der Waals surface area contributed by atoms with Crippen LogP contribution in [0.1, 0.15) is 30.4 Å². The molecule has 84 valence electrons. The monoisotopic (exact) mass is 221 g/mol. The Hall–Kier alpha value is -1.84. The summed E-state index contributed by atoms with van der Waals surface area (Å²) in [5, 5.41) is 9.81. The van der Waals surface area contributed by atoms with Gasteiger partial charge in [-0.3, -0.25) is 0 Å². The summed E-state index contributed by atoms with van der Waals surface area (Å²) in [6, 6.07) is 5.83. The van der Waals surface area contributed by atoms with Crippen molar-refractivity contribution in [1.29, 1.82) is 0 Å². The first-order chi connectivity index (χ1) is 7.50. The highest BCUT2D eigenvalue weighted by Crippen LogP contribution is 2.24. The number of rotatable bonds is 2. The van der Waals surface area contributed by atoms with E-state index < -0.39 is 5.97 Å². The van der Waals surface area contributed by atoms with E-state index >= 15 is 0 Å². The second kappa shape index (κ2) is 3.63. The molecule has 3 nitrogen and oxygen atoms in total. The zero-order chi connectivity index (χ0) is 11.9. The average Bonchev–Trinajstić information content (AvgIpc) is 2.55. The van der Waals surface area contributed by atoms with Crippen molar-refractivity contribution >= 4 is 16.9 Å². The quantitative estimate of drug-likeness (QED) is 0.846. The van der Waals surface area contributed by atoms with Crippen molar-refractivity contribution < 1.29 is 14.3 Å². The molecule has 0 aliphatic rings. The third kappa shape index (κ3) is 1.56. The minimum Gasteiger partial charge on any atom is -0.477 e. The average molecular weight is 221 g/mol. The molecule has 1 heterocycles. The smallest absolute Gasteiger partial charge is 0.352 e. The van der Waals surface area contributed by atoms with Crippen LogP contribution in [0.15, 0.2) is 24.3 Å². The maximum atomic E-state index is 13.1. The largest absolute Gasteiger partial charge is 0.477 e. The van der Waals surface area contributed by atoms with Gasteiger partial charge in [0, 0.05) is 11.4 Å². The summed E-state index contributed by atoms with van der Waals surface area (Å²) in [7, 11) is 0. The fraction of sp³-hybridized carbons (Fsp3) is 0.250. The van der Waals surface area contributed by atoms with Crippen LogP contribution in [0.25, 0.3) is 10.9 Å². The predicted octanol–water partition coefficient (Wildman–Crippen LogP) is 3.06. The van der Waals surface area contributed by atoms with Crippen LogP contribution in [-0.4, -0.2) is 15.6 Å². The molecule has 0 bridgehead atoms. The van der Waals surface area contributed by atoms with Crippen molar-refractivity contribution in [2.75, 3.05) is 0 Å². The molecule has 0 aliphatic carbocycles. The molecule has 0 radical (unpaired) electrons. The Morgan fingerprint density at radius 3 is 2.62 bits per heavy atom. The summed E-state index contributed by atoms with van der Waals surface area (Å²) < 4.78 is 14.8. The molecule has 0 amide bonds. The van der Waals surface area contributed by atoms with Crippen LogP contribution in [0.2, 0.25) is 0 Å². The molecular weight excluding hydrogens is 209 g/mol. The van der Waals surface area contributed by atoms with Crippen molar-refractivity contribution in [2.45, 2.75) is 19.9 Å². The summed E-state index contributed by atoms with van der Waals surface area (Å²) in [6.45, 7) is 3.74. The zero-order valence-electron chi connectivity index (χ0n) is 9.07. The first-order valence-corrected chi connectivity index (χ1v) is 5.04. The van der Waals surface area contributed by atoms with Gasteiger partial charge in [0.2, 0.25) is 0 Å². The van der Waals surface area contributed by atoms with Crippen LogP contribution in [0.4, 0.5) is 4.39 Å². The second-order valence-electron chi connectivity index (χ2n) is 4.00. The minimum atomic E-state index is -0.995. The summed E-state index contributed by atoms with van der Waals surface area (Å²) in [5.74, 6) is -1.35. The number of nitrogens with zero attached hydrogens (tertiary/aromatic N) is 1. The lowest BCUT2D eigenvalue weighted by molar-refractivity contribution is 0.0684.